The first-order chi connectivity index (χ1) is 27.8. The van der Waals surface area contributed by atoms with Gasteiger partial charge < -0.3 is 9.13 Å². The van der Waals surface area contributed by atoms with Crippen LogP contribution in [0.4, 0.5) is 0 Å². The van der Waals surface area contributed by atoms with E-state index in [1.54, 1.807) is 0 Å². The van der Waals surface area contributed by atoms with Crippen LogP contribution < -0.4 is 0 Å². The Balaban J connectivity index is 1.02. The van der Waals surface area contributed by atoms with Gasteiger partial charge >= 0.3 is 0 Å². The maximum absolute atomic E-state index is 4.71. The highest BCUT2D eigenvalue weighted by atomic mass is 15.0. The summed E-state index contributed by atoms with van der Waals surface area (Å²) in [6.45, 7) is 0. The molecule has 0 N–H and O–H groups in total. The zero-order valence-electron chi connectivity index (χ0n) is 30.6. The Morgan fingerprint density at radius 2 is 1.23 bits per heavy atom. The molecule has 0 saturated heterocycles. The Morgan fingerprint density at radius 1 is 0.536 bits per heavy atom. The van der Waals surface area contributed by atoms with E-state index in [1.165, 1.54) is 49.9 Å². The molecule has 0 bridgehead atoms. The third-order valence-corrected chi connectivity index (χ3v) is 11.4. The predicted molar refractivity (Wildman–Crippen MR) is 228 cm³/mol. The van der Waals surface area contributed by atoms with Crippen molar-refractivity contribution in [2.45, 2.75) is 25.2 Å². The van der Waals surface area contributed by atoms with Gasteiger partial charge in [-0.25, -0.2) is 0 Å². The van der Waals surface area contributed by atoms with Crippen LogP contribution in [0.1, 0.15) is 46.8 Å². The van der Waals surface area contributed by atoms with Crippen molar-refractivity contribution in [2.24, 2.45) is 0 Å². The molecule has 0 amide bonds. The largest absolute Gasteiger partial charge is 0.309 e. The monoisotopic (exact) mass is 720 g/mol. The summed E-state index contributed by atoms with van der Waals surface area (Å²) in [7, 11) is 0. The van der Waals surface area contributed by atoms with Gasteiger partial charge in [0.2, 0.25) is 0 Å². The second kappa shape index (κ2) is 13.3. The van der Waals surface area contributed by atoms with Crippen LogP contribution in [0.5, 0.6) is 0 Å². The van der Waals surface area contributed by atoms with Crippen molar-refractivity contribution < 1.29 is 0 Å². The molecule has 6 aromatic heterocycles. The number of fused-ring (bicyclic) bond motifs is 6. The van der Waals surface area contributed by atoms with E-state index in [4.69, 9.17) is 9.97 Å². The van der Waals surface area contributed by atoms with Gasteiger partial charge in [-0.3, -0.25) is 19.9 Å². The van der Waals surface area contributed by atoms with Crippen molar-refractivity contribution in [1.29, 1.82) is 0 Å². The quantitative estimate of drug-likeness (QED) is 0.172. The normalized spacial score (nSPS) is 15.2. The summed E-state index contributed by atoms with van der Waals surface area (Å²) >= 11 is 0. The Bertz CT molecular complexity index is 3060. The standard InChI is InChI=1S/C50H36N6/c1-3-14-39(45-16-5-7-24-53-45)37(12-1)33-18-20-47-41(28-33)43-31-51-26-22-49(43)55(47)35-10-9-11-36(30-35)56-48-21-19-34(29-42(48)44-32-52-27-23-50(44)56)38-13-2-4-15-40(38)46-17-6-8-25-54-46/h1,3,5-27,29-33H,2,4,28H2. The molecule has 6 heteroatoms. The molecule has 0 spiro atoms. The molecule has 0 radical (unpaired) electrons. The van der Waals surface area contributed by atoms with E-state index >= 15 is 0 Å². The molecule has 0 aliphatic heterocycles. The van der Waals surface area contributed by atoms with Gasteiger partial charge in [0.05, 0.1) is 27.9 Å². The van der Waals surface area contributed by atoms with E-state index in [-0.39, 0.29) is 5.92 Å². The number of nitrogens with zero attached hydrogens (tertiary/aromatic N) is 6. The molecule has 11 rings (SSSR count). The number of allylic oxidation sites excluding steroid dienone is 5. The highest BCUT2D eigenvalue weighted by Crippen LogP contribution is 2.42. The minimum absolute atomic E-state index is 0.210. The summed E-state index contributed by atoms with van der Waals surface area (Å²) in [5.74, 6) is 0.210. The van der Waals surface area contributed by atoms with Gasteiger partial charge in [-0.15, -0.1) is 0 Å². The summed E-state index contributed by atoms with van der Waals surface area (Å²) in [5.41, 5.74) is 16.2. The number of aromatic nitrogens is 6. The summed E-state index contributed by atoms with van der Waals surface area (Å²) in [6, 6.07) is 41.0. The second-order valence-corrected chi connectivity index (χ2v) is 14.6. The molecule has 0 fully saturated rings. The van der Waals surface area contributed by atoms with Gasteiger partial charge in [0.25, 0.3) is 0 Å². The summed E-state index contributed by atoms with van der Waals surface area (Å²) in [6.07, 6.45) is 23.8. The van der Waals surface area contributed by atoms with E-state index in [0.717, 1.165) is 64.0 Å². The molecule has 6 heterocycles. The maximum atomic E-state index is 4.71. The van der Waals surface area contributed by atoms with Crippen LogP contribution in [-0.4, -0.2) is 29.1 Å². The number of rotatable bonds is 6. The van der Waals surface area contributed by atoms with Crippen LogP contribution in [0.2, 0.25) is 0 Å². The fourth-order valence-electron chi connectivity index (χ4n) is 8.97. The molecule has 3 aromatic carbocycles. The van der Waals surface area contributed by atoms with Crippen molar-refractivity contribution in [3.05, 3.63) is 199 Å². The van der Waals surface area contributed by atoms with E-state index in [1.807, 2.05) is 49.3 Å². The summed E-state index contributed by atoms with van der Waals surface area (Å²) in [4.78, 5) is 18.6. The van der Waals surface area contributed by atoms with Gasteiger partial charge in [0, 0.05) is 87.5 Å². The Hall–Kier alpha value is -7.18. The van der Waals surface area contributed by atoms with Crippen LogP contribution in [-0.2, 0) is 6.42 Å². The Morgan fingerprint density at radius 3 is 2.04 bits per heavy atom. The second-order valence-electron chi connectivity index (χ2n) is 14.6. The maximum Gasteiger partial charge on any atom is 0.0704 e. The van der Waals surface area contributed by atoms with Gasteiger partial charge in [-0.05, 0) is 114 Å². The molecular weight excluding hydrogens is 685 g/mol. The molecule has 0 saturated carbocycles. The lowest BCUT2D eigenvalue weighted by Crippen LogP contribution is -2.08. The number of hydrogen-bond acceptors (Lipinski definition) is 4. The molecule has 2 aliphatic carbocycles. The molecule has 6 nitrogen and oxygen atoms in total. The fourth-order valence-corrected chi connectivity index (χ4v) is 8.97. The van der Waals surface area contributed by atoms with Crippen LogP contribution in [0.15, 0.2) is 171 Å². The minimum Gasteiger partial charge on any atom is -0.309 e. The van der Waals surface area contributed by atoms with E-state index in [2.05, 4.69) is 147 Å². The smallest absolute Gasteiger partial charge is 0.0704 e. The van der Waals surface area contributed by atoms with E-state index < -0.39 is 0 Å². The summed E-state index contributed by atoms with van der Waals surface area (Å²) < 4.78 is 4.78. The number of hydrogen-bond donors (Lipinski definition) is 0. The average molecular weight is 721 g/mol. The lowest BCUT2D eigenvalue weighted by Gasteiger charge is -2.22. The van der Waals surface area contributed by atoms with E-state index in [9.17, 15) is 0 Å². The van der Waals surface area contributed by atoms with Crippen LogP contribution >= 0.6 is 0 Å². The molecule has 1 atom stereocenters. The van der Waals surface area contributed by atoms with E-state index in [0.29, 0.717) is 0 Å². The Labute approximate surface area is 324 Å². The lowest BCUT2D eigenvalue weighted by atomic mass is 9.84. The third kappa shape index (κ3) is 5.25. The molecule has 1 unspecified atom stereocenters. The van der Waals surface area contributed by atoms with Crippen molar-refractivity contribution >= 4 is 49.9 Å². The van der Waals surface area contributed by atoms with Crippen molar-refractivity contribution in [1.82, 2.24) is 29.1 Å². The molecule has 2 aliphatic rings. The highest BCUT2D eigenvalue weighted by molar-refractivity contribution is 6.12. The van der Waals surface area contributed by atoms with Crippen LogP contribution in [0.3, 0.4) is 0 Å². The first kappa shape index (κ1) is 32.3. The first-order valence-corrected chi connectivity index (χ1v) is 19.3. The molecule has 266 valence electrons. The highest BCUT2D eigenvalue weighted by Gasteiger charge is 2.26. The fraction of sp³-hybridized carbons (Fsp3) is 0.0800. The Kier molecular flexibility index (Phi) is 7.66. The summed E-state index contributed by atoms with van der Waals surface area (Å²) in [5, 5.41) is 3.49. The number of benzene rings is 3. The third-order valence-electron chi connectivity index (χ3n) is 11.4. The molecule has 9 aromatic rings. The molecule has 56 heavy (non-hydrogen) atoms. The topological polar surface area (TPSA) is 61.4 Å². The van der Waals surface area contributed by atoms with Gasteiger partial charge in [0.1, 0.15) is 0 Å². The van der Waals surface area contributed by atoms with Gasteiger partial charge in [-0.1, -0.05) is 66.8 Å². The first-order valence-electron chi connectivity index (χ1n) is 19.3. The lowest BCUT2D eigenvalue weighted by molar-refractivity contribution is 0.826. The zero-order valence-corrected chi connectivity index (χ0v) is 30.6. The van der Waals surface area contributed by atoms with Crippen LogP contribution in [0.25, 0.3) is 72.6 Å². The van der Waals surface area contributed by atoms with Crippen molar-refractivity contribution in [2.75, 3.05) is 0 Å². The van der Waals surface area contributed by atoms with Crippen LogP contribution in [0, 0.1) is 0 Å². The minimum atomic E-state index is 0.210. The van der Waals surface area contributed by atoms with Gasteiger partial charge in [-0.2, -0.15) is 0 Å². The SMILES string of the molecule is C1=CC(c2ccccc2-c2ccccn2)Cc2c1n(-c1cccc(-n3c4ccncc4c4cc(C5=CCCC=C5c5ccccn5)ccc43)c1)c1ccncc21. The molecular formula is C50H36N6. The predicted octanol–water partition coefficient (Wildman–Crippen LogP) is 11.6. The van der Waals surface area contributed by atoms with Crippen molar-refractivity contribution in [3.8, 4) is 22.6 Å². The van der Waals surface area contributed by atoms with Crippen molar-refractivity contribution in [3.63, 3.8) is 0 Å². The number of pyridine rings is 4. The average Bonchev–Trinajstić information content (AvgIpc) is 3.79. The van der Waals surface area contributed by atoms with Gasteiger partial charge in [0.15, 0.2) is 0 Å². The zero-order chi connectivity index (χ0) is 37.0.